The van der Waals surface area contributed by atoms with Crippen LogP contribution in [-0.2, 0) is 4.74 Å². The van der Waals surface area contributed by atoms with E-state index in [1.54, 1.807) is 16.8 Å². The molecule has 19 heavy (non-hydrogen) atoms. The number of aromatic amines is 1. The molecule has 0 radical (unpaired) electrons. The van der Waals surface area contributed by atoms with Crippen molar-refractivity contribution in [3.05, 3.63) is 22.6 Å². The predicted octanol–water partition coefficient (Wildman–Crippen LogP) is -1.05. The monoisotopic (exact) mass is 266 g/mol. The van der Waals surface area contributed by atoms with E-state index in [4.69, 9.17) is 15.6 Å². The van der Waals surface area contributed by atoms with E-state index in [-0.39, 0.29) is 18.0 Å². The zero-order valence-corrected chi connectivity index (χ0v) is 9.98. The van der Waals surface area contributed by atoms with Gasteiger partial charge in [-0.1, -0.05) is 0 Å². The Bertz CT molecular complexity index is 664. The van der Waals surface area contributed by atoms with E-state index in [9.17, 15) is 9.90 Å². The Hall–Kier alpha value is -1.90. The van der Waals surface area contributed by atoms with Gasteiger partial charge >= 0.3 is 0 Å². The summed E-state index contributed by atoms with van der Waals surface area (Å²) in [6.07, 6.45) is 0.0603. The summed E-state index contributed by atoms with van der Waals surface area (Å²) in [5.41, 5.74) is 5.67. The van der Waals surface area contributed by atoms with Crippen LogP contribution in [0, 0.1) is 0 Å². The number of nitrogens with one attached hydrogen (secondary N) is 1. The molecule has 3 unspecified atom stereocenters. The maximum atomic E-state index is 11.8. The largest absolute Gasteiger partial charge is 0.394 e. The highest BCUT2D eigenvalue weighted by Crippen LogP contribution is 2.31. The van der Waals surface area contributed by atoms with Crippen molar-refractivity contribution >= 4 is 16.7 Å². The third-order valence-corrected chi connectivity index (χ3v) is 3.38. The van der Waals surface area contributed by atoms with Crippen molar-refractivity contribution in [3.8, 4) is 0 Å². The Kier molecular flexibility index (Phi) is 2.77. The fourth-order valence-electron chi connectivity index (χ4n) is 2.41. The summed E-state index contributed by atoms with van der Waals surface area (Å²) in [5.74, 6) is 0.227. The summed E-state index contributed by atoms with van der Waals surface area (Å²) < 4.78 is 7.12. The normalized spacial score (nSPS) is 27.2. The zero-order chi connectivity index (χ0) is 13.6. The van der Waals surface area contributed by atoms with Crippen LogP contribution in [-0.4, -0.2) is 43.8 Å². The zero-order valence-electron chi connectivity index (χ0n) is 9.98. The van der Waals surface area contributed by atoms with Gasteiger partial charge in [0.25, 0.3) is 5.56 Å². The van der Waals surface area contributed by atoms with Gasteiger partial charge in [0.2, 0.25) is 0 Å². The topological polar surface area (TPSA) is 126 Å². The van der Waals surface area contributed by atoms with Crippen molar-refractivity contribution in [2.45, 2.75) is 24.9 Å². The van der Waals surface area contributed by atoms with E-state index in [1.807, 2.05) is 0 Å². The highest BCUT2D eigenvalue weighted by Gasteiger charge is 2.35. The Morgan fingerprint density at radius 3 is 3.11 bits per heavy atom. The Morgan fingerprint density at radius 1 is 1.63 bits per heavy atom. The van der Waals surface area contributed by atoms with Gasteiger partial charge in [-0.25, -0.2) is 5.10 Å². The molecule has 8 heteroatoms. The molecule has 2 aromatic rings. The first-order chi connectivity index (χ1) is 9.11. The highest BCUT2D eigenvalue weighted by molar-refractivity contribution is 5.88. The number of ether oxygens (including phenoxy) is 1. The molecule has 1 saturated heterocycles. The van der Waals surface area contributed by atoms with Crippen LogP contribution in [0.15, 0.2) is 17.1 Å². The molecule has 3 atom stereocenters. The number of aromatic nitrogens is 3. The second kappa shape index (κ2) is 4.34. The lowest BCUT2D eigenvalue weighted by Gasteiger charge is -2.14. The number of nitrogens with zero attached hydrogens (tertiary/aromatic N) is 2. The summed E-state index contributed by atoms with van der Waals surface area (Å²) in [5, 5.41) is 25.3. The van der Waals surface area contributed by atoms with Crippen LogP contribution in [0.3, 0.4) is 0 Å². The Balaban J connectivity index is 2.08. The number of hydrogen-bond acceptors (Lipinski definition) is 6. The number of anilines is 1. The molecule has 0 amide bonds. The molecule has 3 heterocycles. The van der Waals surface area contributed by atoms with Crippen molar-refractivity contribution < 1.29 is 14.9 Å². The lowest BCUT2D eigenvalue weighted by molar-refractivity contribution is -0.0429. The summed E-state index contributed by atoms with van der Waals surface area (Å²) in [7, 11) is 0. The van der Waals surface area contributed by atoms with Gasteiger partial charge in [-0.2, -0.15) is 5.10 Å². The molecule has 8 nitrogen and oxygen atoms in total. The number of fused-ring (bicyclic) bond motifs is 1. The molecule has 1 fully saturated rings. The minimum atomic E-state index is -0.759. The molecule has 0 aromatic carbocycles. The predicted molar refractivity (Wildman–Crippen MR) is 66.4 cm³/mol. The average molecular weight is 266 g/mol. The van der Waals surface area contributed by atoms with Gasteiger partial charge in [0.15, 0.2) is 5.82 Å². The molecule has 0 spiro atoms. The molecule has 0 aliphatic carbocycles. The maximum Gasteiger partial charge on any atom is 0.288 e. The average Bonchev–Trinajstić information content (AvgIpc) is 2.97. The number of hydrogen-bond donors (Lipinski definition) is 4. The summed E-state index contributed by atoms with van der Waals surface area (Å²) in [6, 6.07) is 1.68. The number of nitrogen functional groups attached to an aromatic ring is 1. The van der Waals surface area contributed by atoms with E-state index >= 15 is 0 Å². The second-order valence-electron chi connectivity index (χ2n) is 4.54. The fourth-order valence-corrected chi connectivity index (χ4v) is 2.41. The quantitative estimate of drug-likeness (QED) is 0.549. The van der Waals surface area contributed by atoms with Gasteiger partial charge in [0.1, 0.15) is 17.8 Å². The van der Waals surface area contributed by atoms with Crippen LogP contribution < -0.4 is 11.3 Å². The lowest BCUT2D eigenvalue weighted by Crippen LogP contribution is -2.24. The number of aliphatic hydroxyl groups excluding tert-OH is 2. The number of nitrogens with two attached hydrogens (primary N) is 1. The highest BCUT2D eigenvalue weighted by atomic mass is 16.5. The standard InChI is InChI=1S/C11H14N4O4/c12-10-5-1-2-15(9(5)11(18)14-13-10)8-3-6(17)7(4-16)19-8/h1-2,6-8,16-17H,3-4H2,(H2,12,13)(H,14,18). The molecule has 3 rings (SSSR count). The molecular formula is C11H14N4O4. The smallest absolute Gasteiger partial charge is 0.288 e. The van der Waals surface area contributed by atoms with Crippen LogP contribution in [0.5, 0.6) is 0 Å². The van der Waals surface area contributed by atoms with Crippen molar-refractivity contribution in [1.82, 2.24) is 14.8 Å². The van der Waals surface area contributed by atoms with Crippen LogP contribution in [0.25, 0.3) is 10.9 Å². The molecule has 1 aliphatic heterocycles. The van der Waals surface area contributed by atoms with Crippen molar-refractivity contribution in [2.75, 3.05) is 12.3 Å². The van der Waals surface area contributed by atoms with Gasteiger partial charge in [0.05, 0.1) is 12.7 Å². The molecule has 102 valence electrons. The molecule has 0 saturated carbocycles. The third kappa shape index (κ3) is 1.81. The summed E-state index contributed by atoms with van der Waals surface area (Å²) >= 11 is 0. The SMILES string of the molecule is Nc1n[nH]c(=O)c2c1ccn2C1CC(O)C(CO)O1. The lowest BCUT2D eigenvalue weighted by atomic mass is 10.2. The van der Waals surface area contributed by atoms with Crippen LogP contribution in [0.2, 0.25) is 0 Å². The summed E-state index contributed by atoms with van der Waals surface area (Å²) in [4.78, 5) is 11.8. The first-order valence-electron chi connectivity index (χ1n) is 5.91. The van der Waals surface area contributed by atoms with Crippen molar-refractivity contribution in [3.63, 3.8) is 0 Å². The van der Waals surface area contributed by atoms with E-state index in [2.05, 4.69) is 10.2 Å². The van der Waals surface area contributed by atoms with Crippen LogP contribution in [0.4, 0.5) is 5.82 Å². The van der Waals surface area contributed by atoms with Crippen LogP contribution >= 0.6 is 0 Å². The molecule has 1 aliphatic rings. The number of H-pyrrole nitrogens is 1. The van der Waals surface area contributed by atoms with Gasteiger partial charge in [-0.05, 0) is 6.07 Å². The molecular weight excluding hydrogens is 252 g/mol. The molecule has 2 aromatic heterocycles. The first kappa shape index (κ1) is 12.2. The van der Waals surface area contributed by atoms with E-state index in [1.165, 1.54) is 0 Å². The Labute approximate surface area is 107 Å². The second-order valence-corrected chi connectivity index (χ2v) is 4.54. The van der Waals surface area contributed by atoms with Gasteiger partial charge < -0.3 is 25.3 Å². The third-order valence-electron chi connectivity index (χ3n) is 3.38. The first-order valence-corrected chi connectivity index (χ1v) is 5.91. The molecule has 5 N–H and O–H groups in total. The van der Waals surface area contributed by atoms with Crippen molar-refractivity contribution in [2.24, 2.45) is 0 Å². The van der Waals surface area contributed by atoms with E-state index < -0.39 is 18.4 Å². The fraction of sp³-hybridized carbons (Fsp3) is 0.455. The van der Waals surface area contributed by atoms with E-state index in [0.717, 1.165) is 0 Å². The number of rotatable bonds is 2. The van der Waals surface area contributed by atoms with Crippen LogP contribution in [0.1, 0.15) is 12.6 Å². The van der Waals surface area contributed by atoms with Gasteiger partial charge in [0, 0.05) is 18.0 Å². The van der Waals surface area contributed by atoms with Gasteiger partial charge in [-0.3, -0.25) is 4.79 Å². The maximum absolute atomic E-state index is 11.8. The Morgan fingerprint density at radius 2 is 2.42 bits per heavy atom. The minimum Gasteiger partial charge on any atom is -0.394 e. The summed E-state index contributed by atoms with van der Waals surface area (Å²) in [6.45, 7) is -0.267. The number of aliphatic hydroxyl groups is 2. The van der Waals surface area contributed by atoms with E-state index in [0.29, 0.717) is 17.3 Å². The van der Waals surface area contributed by atoms with Crippen molar-refractivity contribution in [1.29, 1.82) is 0 Å². The van der Waals surface area contributed by atoms with Gasteiger partial charge in [-0.15, -0.1) is 0 Å². The molecule has 0 bridgehead atoms. The minimum absolute atomic E-state index is 0.227.